The van der Waals surface area contributed by atoms with Gasteiger partial charge in [-0.05, 0) is 55.3 Å². The molecule has 162 valence electrons. The van der Waals surface area contributed by atoms with Crippen LogP contribution in [0.1, 0.15) is 24.4 Å². The van der Waals surface area contributed by atoms with Gasteiger partial charge in [0.05, 0.1) is 39.7 Å². The largest absolute Gasteiger partial charge is 0.497 e. The molecule has 2 aromatic carbocycles. The molecule has 1 unspecified atom stereocenters. The molecule has 0 saturated carbocycles. The lowest BCUT2D eigenvalue weighted by molar-refractivity contribution is -0.129. The number of benzene rings is 2. The third-order valence-electron chi connectivity index (χ3n) is 5.15. The van der Waals surface area contributed by atoms with E-state index >= 15 is 0 Å². The van der Waals surface area contributed by atoms with Crippen molar-refractivity contribution < 1.29 is 23.7 Å². The molecule has 0 aromatic heterocycles. The number of methoxy groups -OCH3 is 3. The molecular formula is C23H29NO5S. The summed E-state index contributed by atoms with van der Waals surface area (Å²) in [5, 5.41) is 0. The van der Waals surface area contributed by atoms with Crippen molar-refractivity contribution in [2.75, 3.05) is 46.0 Å². The maximum Gasteiger partial charge on any atom is 0.233 e. The summed E-state index contributed by atoms with van der Waals surface area (Å²) in [6, 6.07) is 13.3. The fourth-order valence-corrected chi connectivity index (χ4v) is 4.31. The highest BCUT2D eigenvalue weighted by atomic mass is 32.2. The fourth-order valence-electron chi connectivity index (χ4n) is 3.62. The Balaban J connectivity index is 1.50. The summed E-state index contributed by atoms with van der Waals surface area (Å²) in [6.07, 6.45) is 1.92. The van der Waals surface area contributed by atoms with Crippen molar-refractivity contribution in [1.29, 1.82) is 0 Å². The second-order valence-corrected chi connectivity index (χ2v) is 8.03. The number of thioether (sulfide) groups is 1. The van der Waals surface area contributed by atoms with Crippen LogP contribution in [-0.4, -0.2) is 56.8 Å². The first kappa shape index (κ1) is 22.2. The summed E-state index contributed by atoms with van der Waals surface area (Å²) in [5.74, 6) is 4.50. The van der Waals surface area contributed by atoms with Crippen LogP contribution in [0.15, 0.2) is 42.5 Å². The molecule has 1 saturated heterocycles. The molecule has 1 heterocycles. The number of hydrogen-bond donors (Lipinski definition) is 0. The summed E-state index contributed by atoms with van der Waals surface area (Å²) >= 11 is 1.59. The Kier molecular flexibility index (Phi) is 8.13. The minimum Gasteiger partial charge on any atom is -0.497 e. The molecule has 30 heavy (non-hydrogen) atoms. The van der Waals surface area contributed by atoms with Crippen LogP contribution in [0.3, 0.4) is 0 Å². The summed E-state index contributed by atoms with van der Waals surface area (Å²) < 4.78 is 21.8. The number of carbonyl (C=O) groups excluding carboxylic acids is 1. The van der Waals surface area contributed by atoms with Crippen LogP contribution in [0.25, 0.3) is 0 Å². The van der Waals surface area contributed by atoms with Gasteiger partial charge in [0.1, 0.15) is 23.0 Å². The lowest BCUT2D eigenvalue weighted by Gasteiger charge is -2.26. The van der Waals surface area contributed by atoms with E-state index in [4.69, 9.17) is 18.9 Å². The van der Waals surface area contributed by atoms with E-state index in [1.165, 1.54) is 0 Å². The van der Waals surface area contributed by atoms with Crippen LogP contribution in [0, 0.1) is 0 Å². The van der Waals surface area contributed by atoms with Gasteiger partial charge < -0.3 is 23.8 Å². The Morgan fingerprint density at radius 2 is 1.70 bits per heavy atom. The van der Waals surface area contributed by atoms with Crippen molar-refractivity contribution in [2.24, 2.45) is 0 Å². The van der Waals surface area contributed by atoms with E-state index in [9.17, 15) is 4.79 Å². The molecule has 1 amide bonds. The highest BCUT2D eigenvalue weighted by Gasteiger charge is 2.31. The molecule has 1 atom stereocenters. The molecule has 7 heteroatoms. The number of rotatable bonds is 10. The van der Waals surface area contributed by atoms with Gasteiger partial charge in [0, 0.05) is 17.9 Å². The van der Waals surface area contributed by atoms with Crippen LogP contribution >= 0.6 is 11.8 Å². The summed E-state index contributed by atoms with van der Waals surface area (Å²) in [6.45, 7) is 1.32. The highest BCUT2D eigenvalue weighted by molar-refractivity contribution is 7.99. The average molecular weight is 432 g/mol. The van der Waals surface area contributed by atoms with E-state index in [0.29, 0.717) is 12.4 Å². The first-order chi connectivity index (χ1) is 14.7. The van der Waals surface area contributed by atoms with Gasteiger partial charge in [-0.15, -0.1) is 11.8 Å². The van der Waals surface area contributed by atoms with E-state index in [1.54, 1.807) is 33.1 Å². The number of carbonyl (C=O) groups is 1. The molecule has 3 rings (SSSR count). The zero-order valence-corrected chi connectivity index (χ0v) is 18.6. The second kappa shape index (κ2) is 11.0. The van der Waals surface area contributed by atoms with Crippen LogP contribution in [0.4, 0.5) is 0 Å². The fraction of sp³-hybridized carbons (Fsp3) is 0.435. The Bertz CT molecular complexity index is 827. The number of likely N-dealkylation sites (tertiary alicyclic amines) is 1. The summed E-state index contributed by atoms with van der Waals surface area (Å²) in [5.41, 5.74) is 1.01. The Hall–Kier alpha value is -2.54. The molecule has 6 nitrogen and oxygen atoms in total. The molecule has 2 aromatic rings. The lowest BCUT2D eigenvalue weighted by atomic mass is 10.0. The average Bonchev–Trinajstić information content (AvgIpc) is 3.28. The lowest BCUT2D eigenvalue weighted by Crippen LogP contribution is -2.32. The molecule has 1 fully saturated rings. The minimum absolute atomic E-state index is 0.0266. The molecule has 0 bridgehead atoms. The Morgan fingerprint density at radius 3 is 2.40 bits per heavy atom. The summed E-state index contributed by atoms with van der Waals surface area (Å²) in [4.78, 5) is 14.8. The van der Waals surface area contributed by atoms with Crippen molar-refractivity contribution in [3.05, 3.63) is 48.0 Å². The van der Waals surface area contributed by atoms with Crippen molar-refractivity contribution in [2.45, 2.75) is 18.9 Å². The number of amides is 1. The molecule has 1 aliphatic heterocycles. The van der Waals surface area contributed by atoms with Crippen molar-refractivity contribution >= 4 is 17.7 Å². The molecule has 0 spiro atoms. The maximum atomic E-state index is 12.9. The SMILES string of the molecule is COc1ccc(OCCSCC(=O)N2CCCC2c2cc(OC)ccc2OC)cc1. The molecule has 0 aliphatic carbocycles. The van der Waals surface area contributed by atoms with Crippen molar-refractivity contribution in [1.82, 2.24) is 4.90 Å². The first-order valence-electron chi connectivity index (χ1n) is 10.0. The number of nitrogens with zero attached hydrogens (tertiary/aromatic N) is 1. The predicted octanol–water partition coefficient (Wildman–Crippen LogP) is 4.19. The zero-order valence-electron chi connectivity index (χ0n) is 17.8. The number of hydrogen-bond acceptors (Lipinski definition) is 6. The maximum absolute atomic E-state index is 12.9. The van der Waals surface area contributed by atoms with E-state index < -0.39 is 0 Å². The van der Waals surface area contributed by atoms with Crippen LogP contribution in [0.2, 0.25) is 0 Å². The topological polar surface area (TPSA) is 57.2 Å². The van der Waals surface area contributed by atoms with E-state index in [0.717, 1.165) is 53.7 Å². The first-order valence-corrected chi connectivity index (χ1v) is 11.2. The second-order valence-electron chi connectivity index (χ2n) is 6.93. The van der Waals surface area contributed by atoms with Gasteiger partial charge in [0.25, 0.3) is 0 Å². The van der Waals surface area contributed by atoms with Crippen molar-refractivity contribution in [3.8, 4) is 23.0 Å². The van der Waals surface area contributed by atoms with Gasteiger partial charge in [-0.3, -0.25) is 4.79 Å². The van der Waals surface area contributed by atoms with Gasteiger partial charge >= 0.3 is 0 Å². The predicted molar refractivity (Wildman–Crippen MR) is 119 cm³/mol. The zero-order chi connectivity index (χ0) is 21.3. The van der Waals surface area contributed by atoms with Gasteiger partial charge in [-0.25, -0.2) is 0 Å². The third kappa shape index (κ3) is 5.53. The monoisotopic (exact) mass is 431 g/mol. The van der Waals surface area contributed by atoms with Crippen LogP contribution in [-0.2, 0) is 4.79 Å². The van der Waals surface area contributed by atoms with Crippen molar-refractivity contribution in [3.63, 3.8) is 0 Å². The Morgan fingerprint density at radius 1 is 1.00 bits per heavy atom. The molecule has 0 N–H and O–H groups in total. The smallest absolute Gasteiger partial charge is 0.233 e. The molecule has 0 radical (unpaired) electrons. The molecular weight excluding hydrogens is 402 g/mol. The summed E-state index contributed by atoms with van der Waals surface area (Å²) in [7, 11) is 4.94. The van der Waals surface area contributed by atoms with E-state index in [-0.39, 0.29) is 11.9 Å². The highest BCUT2D eigenvalue weighted by Crippen LogP contribution is 2.39. The van der Waals surface area contributed by atoms with Crippen LogP contribution in [0.5, 0.6) is 23.0 Å². The van der Waals surface area contributed by atoms with E-state index in [2.05, 4.69) is 0 Å². The van der Waals surface area contributed by atoms with Gasteiger partial charge in [0.2, 0.25) is 5.91 Å². The third-order valence-corrected chi connectivity index (χ3v) is 6.06. The van der Waals surface area contributed by atoms with Gasteiger partial charge in [-0.1, -0.05) is 0 Å². The standard InChI is InChI=1S/C23H29NO5S/c1-26-17-6-8-18(9-7-17)29-13-14-30-16-23(25)24-12-4-5-21(24)20-15-19(27-2)10-11-22(20)28-3/h6-11,15,21H,4-5,12-14,16H2,1-3H3. The number of ether oxygens (including phenoxy) is 4. The minimum atomic E-state index is 0.0266. The van der Waals surface area contributed by atoms with Gasteiger partial charge in [-0.2, -0.15) is 0 Å². The Labute approximate surface area is 182 Å². The van der Waals surface area contributed by atoms with Gasteiger partial charge in [0.15, 0.2) is 0 Å². The van der Waals surface area contributed by atoms with E-state index in [1.807, 2.05) is 47.4 Å². The molecule has 1 aliphatic rings. The quantitative estimate of drug-likeness (QED) is 0.526. The normalized spacial score (nSPS) is 15.7. The van der Waals surface area contributed by atoms with Crippen LogP contribution < -0.4 is 18.9 Å².